The fourth-order valence-corrected chi connectivity index (χ4v) is 1.05. The van der Waals surface area contributed by atoms with E-state index < -0.39 is 0 Å². The summed E-state index contributed by atoms with van der Waals surface area (Å²) < 4.78 is 0. The maximum Gasteiger partial charge on any atom is 0.0462 e. The van der Waals surface area contributed by atoms with Crippen LogP contribution in [0.4, 0.5) is 0 Å². The maximum atomic E-state index is 6.50. The predicted molar refractivity (Wildman–Crippen MR) is 42.9 cm³/mol. The molecule has 0 spiro atoms. The van der Waals surface area contributed by atoms with Crippen molar-refractivity contribution in [2.45, 2.75) is 18.8 Å². The van der Waals surface area contributed by atoms with E-state index in [0.29, 0.717) is 0 Å². The fourth-order valence-electron chi connectivity index (χ4n) is 1.05. The number of rotatable bonds is 1. The molecule has 1 heterocycles. The molecule has 1 saturated carbocycles. The molecular formula is C9H10N2. The van der Waals surface area contributed by atoms with Crippen LogP contribution in [0.5, 0.6) is 0 Å². The van der Waals surface area contributed by atoms with Gasteiger partial charge in [-0.25, -0.2) is 5.26 Å². The molecular weight excluding hydrogens is 136 g/mol. The Balaban J connectivity index is 0.000000281. The molecule has 56 valence electrons. The molecule has 1 aromatic rings. The van der Waals surface area contributed by atoms with Crippen LogP contribution < -0.4 is 0 Å². The van der Waals surface area contributed by atoms with E-state index in [1.165, 1.54) is 18.4 Å². The van der Waals surface area contributed by atoms with Gasteiger partial charge in [0.15, 0.2) is 0 Å². The van der Waals surface area contributed by atoms with Crippen LogP contribution in [0.25, 0.3) is 0 Å². The van der Waals surface area contributed by atoms with Crippen LogP contribution >= 0.6 is 0 Å². The summed E-state index contributed by atoms with van der Waals surface area (Å²) >= 11 is 0. The molecule has 0 saturated heterocycles. The fraction of sp³-hybridized carbons (Fsp3) is 0.333. The van der Waals surface area contributed by atoms with E-state index in [-0.39, 0.29) is 0 Å². The van der Waals surface area contributed by atoms with Crippen molar-refractivity contribution in [2.75, 3.05) is 0 Å². The minimum absolute atomic E-state index is 0.869. The van der Waals surface area contributed by atoms with Crippen molar-refractivity contribution in [1.82, 2.24) is 4.98 Å². The molecule has 2 heteroatoms. The molecule has 0 aromatic carbocycles. The Kier molecular flexibility index (Phi) is 2.62. The van der Waals surface area contributed by atoms with Gasteiger partial charge in [-0.2, -0.15) is 0 Å². The first-order chi connectivity index (χ1) is 5.47. The van der Waals surface area contributed by atoms with Gasteiger partial charge >= 0.3 is 0 Å². The molecule has 0 atom stereocenters. The summed E-state index contributed by atoms with van der Waals surface area (Å²) in [6, 6.07) is 4.22. The number of nitriles is 1. The predicted octanol–water partition coefficient (Wildman–Crippen LogP) is 2.10. The summed E-state index contributed by atoms with van der Waals surface area (Å²) in [5.74, 6) is 0.869. The molecule has 0 amide bonds. The van der Waals surface area contributed by atoms with E-state index in [1.54, 1.807) is 0 Å². The average Bonchev–Trinajstić information content (AvgIpc) is 2.92. The van der Waals surface area contributed by atoms with Crippen molar-refractivity contribution in [3.8, 4) is 6.57 Å². The van der Waals surface area contributed by atoms with Crippen LogP contribution in [0.2, 0.25) is 0 Å². The van der Waals surface area contributed by atoms with Crippen LogP contribution in [0.1, 0.15) is 24.3 Å². The number of aromatic nitrogens is 1. The van der Waals surface area contributed by atoms with Gasteiger partial charge in [0.05, 0.1) is 0 Å². The minimum Gasteiger partial charge on any atom is -0.265 e. The van der Waals surface area contributed by atoms with Crippen LogP contribution in [0.3, 0.4) is 0 Å². The molecule has 1 fully saturated rings. The zero-order valence-electron chi connectivity index (χ0n) is 6.27. The molecule has 1 aliphatic carbocycles. The molecule has 0 aliphatic heterocycles. The van der Waals surface area contributed by atoms with Gasteiger partial charge in [-0.3, -0.25) is 4.98 Å². The summed E-state index contributed by atoms with van der Waals surface area (Å²) in [6.07, 6.45) is 6.50. The first-order valence-electron chi connectivity index (χ1n) is 3.62. The lowest BCUT2D eigenvalue weighted by molar-refractivity contribution is 1.11. The van der Waals surface area contributed by atoms with Crippen molar-refractivity contribution < 1.29 is 0 Å². The monoisotopic (exact) mass is 146 g/mol. The molecule has 1 aliphatic rings. The van der Waals surface area contributed by atoms with Gasteiger partial charge in [-0.05, 0) is 36.5 Å². The Morgan fingerprint density at radius 1 is 1.27 bits per heavy atom. The lowest BCUT2D eigenvalue weighted by Gasteiger charge is -1.91. The highest BCUT2D eigenvalue weighted by Crippen LogP contribution is 2.39. The van der Waals surface area contributed by atoms with Gasteiger partial charge in [0, 0.05) is 19.0 Å². The number of hydrogen-bond donors (Lipinski definition) is 0. The Morgan fingerprint density at radius 2 is 1.82 bits per heavy atom. The van der Waals surface area contributed by atoms with Gasteiger partial charge in [-0.15, -0.1) is 0 Å². The molecule has 0 unspecified atom stereocenters. The summed E-state index contributed by atoms with van der Waals surface area (Å²) in [7, 11) is 0. The molecule has 0 bridgehead atoms. The third kappa shape index (κ3) is 2.05. The Hall–Kier alpha value is -1.36. The zero-order valence-corrected chi connectivity index (χ0v) is 6.27. The molecule has 2 nitrogen and oxygen atoms in total. The summed E-state index contributed by atoms with van der Waals surface area (Å²) in [5, 5.41) is 6.50. The first-order valence-corrected chi connectivity index (χ1v) is 3.62. The van der Waals surface area contributed by atoms with Crippen LogP contribution in [-0.2, 0) is 0 Å². The topological polar surface area (TPSA) is 36.7 Å². The first kappa shape index (κ1) is 7.74. The number of pyridine rings is 1. The summed E-state index contributed by atoms with van der Waals surface area (Å²) in [6.45, 7) is 3.50. The van der Waals surface area contributed by atoms with Crippen molar-refractivity contribution >= 4 is 0 Å². The Bertz CT molecular complexity index is 224. The lowest BCUT2D eigenvalue weighted by Crippen LogP contribution is -1.76. The van der Waals surface area contributed by atoms with E-state index in [9.17, 15) is 0 Å². The standard InChI is InChI=1S/C8H9N.CHN/c1-2-7(1)8-3-5-9-6-4-8;1-2/h3-7H,1-2H2;1H. The second kappa shape index (κ2) is 3.72. The number of nitrogens with zero attached hydrogens (tertiary/aromatic N) is 2. The Morgan fingerprint density at radius 3 is 2.27 bits per heavy atom. The van der Waals surface area contributed by atoms with Gasteiger partial charge in [0.25, 0.3) is 0 Å². The van der Waals surface area contributed by atoms with E-state index >= 15 is 0 Å². The number of hydrogen-bond acceptors (Lipinski definition) is 2. The average molecular weight is 146 g/mol. The molecule has 0 N–H and O–H groups in total. The summed E-state index contributed by atoms with van der Waals surface area (Å²) in [4.78, 5) is 3.96. The third-order valence-electron chi connectivity index (χ3n) is 1.75. The maximum absolute atomic E-state index is 6.50. The van der Waals surface area contributed by atoms with E-state index in [0.717, 1.165) is 5.92 Å². The molecule has 0 radical (unpaired) electrons. The quantitative estimate of drug-likeness (QED) is 0.608. The molecule has 11 heavy (non-hydrogen) atoms. The highest BCUT2D eigenvalue weighted by molar-refractivity contribution is 5.19. The smallest absolute Gasteiger partial charge is 0.0462 e. The van der Waals surface area contributed by atoms with Gasteiger partial charge in [0.1, 0.15) is 0 Å². The normalized spacial score (nSPS) is 14.7. The largest absolute Gasteiger partial charge is 0.265 e. The van der Waals surface area contributed by atoms with Gasteiger partial charge in [0.2, 0.25) is 0 Å². The van der Waals surface area contributed by atoms with Crippen LogP contribution in [0.15, 0.2) is 24.5 Å². The lowest BCUT2D eigenvalue weighted by atomic mass is 10.2. The van der Waals surface area contributed by atoms with E-state index in [2.05, 4.69) is 23.7 Å². The van der Waals surface area contributed by atoms with Crippen molar-refractivity contribution in [2.24, 2.45) is 0 Å². The molecule has 2 rings (SSSR count). The second-order valence-electron chi connectivity index (χ2n) is 2.55. The second-order valence-corrected chi connectivity index (χ2v) is 2.55. The third-order valence-corrected chi connectivity index (χ3v) is 1.75. The SMILES string of the molecule is C#N.c1cc(C2CC2)ccn1. The van der Waals surface area contributed by atoms with Crippen molar-refractivity contribution in [3.63, 3.8) is 0 Å². The molecule has 1 aromatic heterocycles. The van der Waals surface area contributed by atoms with E-state index in [4.69, 9.17) is 5.26 Å². The van der Waals surface area contributed by atoms with Crippen LogP contribution in [0, 0.1) is 11.8 Å². The van der Waals surface area contributed by atoms with Crippen molar-refractivity contribution in [3.05, 3.63) is 30.1 Å². The summed E-state index contributed by atoms with van der Waals surface area (Å²) in [5.41, 5.74) is 1.46. The van der Waals surface area contributed by atoms with E-state index in [1.807, 2.05) is 12.4 Å². The zero-order chi connectivity index (χ0) is 8.10. The highest BCUT2D eigenvalue weighted by Gasteiger charge is 2.22. The minimum atomic E-state index is 0.869. The Labute approximate surface area is 66.5 Å². The van der Waals surface area contributed by atoms with Gasteiger partial charge < -0.3 is 0 Å². The van der Waals surface area contributed by atoms with Crippen molar-refractivity contribution in [1.29, 1.82) is 5.26 Å². The van der Waals surface area contributed by atoms with Crippen LogP contribution in [-0.4, -0.2) is 4.98 Å². The van der Waals surface area contributed by atoms with Gasteiger partial charge in [-0.1, -0.05) is 0 Å². The highest BCUT2D eigenvalue weighted by atomic mass is 14.6.